The molecule has 0 bridgehead atoms. The molecule has 0 aliphatic heterocycles. The lowest BCUT2D eigenvalue weighted by molar-refractivity contribution is -0.127. The predicted octanol–water partition coefficient (Wildman–Crippen LogP) is 1.43. The molecule has 4 nitrogen and oxygen atoms in total. The molecular formula is C12H18N2O2. The van der Waals surface area contributed by atoms with E-state index in [1.165, 1.54) is 6.92 Å². The Labute approximate surface area is 96.0 Å². The second-order valence-electron chi connectivity index (χ2n) is 3.81. The molecule has 0 fully saturated rings. The number of carbonyl (C=O) groups is 1. The molecule has 0 saturated heterocycles. The van der Waals surface area contributed by atoms with E-state index in [-0.39, 0.29) is 5.91 Å². The van der Waals surface area contributed by atoms with Crippen LogP contribution >= 0.6 is 0 Å². The number of nitrogens with zero attached hydrogens (tertiary/aromatic N) is 1. The van der Waals surface area contributed by atoms with Crippen LogP contribution in [-0.4, -0.2) is 31.0 Å². The summed E-state index contributed by atoms with van der Waals surface area (Å²) in [5.41, 5.74) is 7.45. The van der Waals surface area contributed by atoms with Crippen molar-refractivity contribution < 1.29 is 9.53 Å². The minimum atomic E-state index is 0.0390. The first-order valence-corrected chi connectivity index (χ1v) is 5.21. The molecule has 0 aromatic heterocycles. The number of carbonyl (C=O) groups excluding carboxylic acids is 1. The second-order valence-corrected chi connectivity index (χ2v) is 3.81. The topological polar surface area (TPSA) is 55.6 Å². The molecule has 0 atom stereocenters. The van der Waals surface area contributed by atoms with Gasteiger partial charge in [-0.15, -0.1) is 0 Å². The zero-order chi connectivity index (χ0) is 12.1. The first-order chi connectivity index (χ1) is 7.50. The van der Waals surface area contributed by atoms with E-state index in [1.54, 1.807) is 11.9 Å². The number of hydrogen-bond acceptors (Lipinski definition) is 3. The molecule has 0 aliphatic carbocycles. The van der Waals surface area contributed by atoms with E-state index >= 15 is 0 Å². The molecule has 0 saturated carbocycles. The van der Waals surface area contributed by atoms with Crippen LogP contribution in [0.2, 0.25) is 0 Å². The summed E-state index contributed by atoms with van der Waals surface area (Å²) in [7, 11) is 1.75. The van der Waals surface area contributed by atoms with Crippen LogP contribution < -0.4 is 10.5 Å². The van der Waals surface area contributed by atoms with Crippen LogP contribution in [0.3, 0.4) is 0 Å². The van der Waals surface area contributed by atoms with Crippen LogP contribution in [0.25, 0.3) is 0 Å². The third-order valence-corrected chi connectivity index (χ3v) is 2.47. The fourth-order valence-corrected chi connectivity index (χ4v) is 1.20. The highest BCUT2D eigenvalue weighted by Crippen LogP contribution is 2.18. The van der Waals surface area contributed by atoms with Crippen LogP contribution in [0.4, 0.5) is 5.69 Å². The summed E-state index contributed by atoms with van der Waals surface area (Å²) in [6.45, 7) is 4.54. The van der Waals surface area contributed by atoms with Gasteiger partial charge in [0.05, 0.1) is 6.54 Å². The van der Waals surface area contributed by atoms with Crippen LogP contribution in [0.1, 0.15) is 12.5 Å². The van der Waals surface area contributed by atoms with E-state index in [2.05, 4.69) is 0 Å². The molecular weight excluding hydrogens is 204 g/mol. The molecule has 1 aromatic carbocycles. The smallest absolute Gasteiger partial charge is 0.219 e. The summed E-state index contributed by atoms with van der Waals surface area (Å²) in [5.74, 6) is 0.820. The summed E-state index contributed by atoms with van der Waals surface area (Å²) in [4.78, 5) is 12.6. The van der Waals surface area contributed by atoms with Gasteiger partial charge in [-0.05, 0) is 30.7 Å². The molecule has 88 valence electrons. The van der Waals surface area contributed by atoms with Gasteiger partial charge in [0, 0.05) is 19.7 Å². The molecule has 1 amide bonds. The minimum absolute atomic E-state index is 0.0390. The van der Waals surface area contributed by atoms with Gasteiger partial charge in [0.15, 0.2) is 0 Å². The number of anilines is 1. The number of likely N-dealkylation sites (N-methyl/N-ethyl adjacent to an activating group) is 1. The highest BCUT2D eigenvalue weighted by molar-refractivity contribution is 5.72. The number of hydrogen-bond donors (Lipinski definition) is 1. The Morgan fingerprint density at radius 3 is 2.75 bits per heavy atom. The third-order valence-electron chi connectivity index (χ3n) is 2.47. The second kappa shape index (κ2) is 5.39. The maximum absolute atomic E-state index is 10.9. The SMILES string of the molecule is CC(=O)N(C)CCOc1ccc(N)c(C)c1. The van der Waals surface area contributed by atoms with Gasteiger partial charge in [-0.1, -0.05) is 0 Å². The van der Waals surface area contributed by atoms with E-state index in [1.807, 2.05) is 25.1 Å². The van der Waals surface area contributed by atoms with Crippen LogP contribution in [0.15, 0.2) is 18.2 Å². The maximum atomic E-state index is 10.9. The Hall–Kier alpha value is -1.71. The first-order valence-electron chi connectivity index (χ1n) is 5.21. The highest BCUT2D eigenvalue weighted by atomic mass is 16.5. The van der Waals surface area contributed by atoms with Crippen LogP contribution in [0, 0.1) is 6.92 Å². The summed E-state index contributed by atoms with van der Waals surface area (Å²) >= 11 is 0. The predicted molar refractivity (Wildman–Crippen MR) is 64.4 cm³/mol. The normalized spacial score (nSPS) is 9.94. The van der Waals surface area contributed by atoms with Crippen molar-refractivity contribution in [2.24, 2.45) is 0 Å². The molecule has 0 aliphatic rings. The van der Waals surface area contributed by atoms with Crippen molar-refractivity contribution in [3.05, 3.63) is 23.8 Å². The monoisotopic (exact) mass is 222 g/mol. The number of nitrogen functional groups attached to an aromatic ring is 1. The zero-order valence-electron chi connectivity index (χ0n) is 9.99. The largest absolute Gasteiger partial charge is 0.492 e. The summed E-state index contributed by atoms with van der Waals surface area (Å²) in [5, 5.41) is 0. The third kappa shape index (κ3) is 3.46. The van der Waals surface area contributed by atoms with Gasteiger partial charge in [-0.2, -0.15) is 0 Å². The van der Waals surface area contributed by atoms with Crippen molar-refractivity contribution in [3.63, 3.8) is 0 Å². The number of aryl methyl sites for hydroxylation is 1. The van der Waals surface area contributed by atoms with Gasteiger partial charge in [0.2, 0.25) is 5.91 Å². The average Bonchev–Trinajstić information content (AvgIpc) is 2.23. The first kappa shape index (κ1) is 12.4. The Bertz CT molecular complexity index is 377. The molecule has 1 rings (SSSR count). The van der Waals surface area contributed by atoms with Crippen molar-refractivity contribution in [3.8, 4) is 5.75 Å². The fraction of sp³-hybridized carbons (Fsp3) is 0.417. The molecule has 0 spiro atoms. The number of rotatable bonds is 4. The van der Waals surface area contributed by atoms with E-state index < -0.39 is 0 Å². The van der Waals surface area contributed by atoms with Crippen molar-refractivity contribution >= 4 is 11.6 Å². The van der Waals surface area contributed by atoms with Gasteiger partial charge in [0.25, 0.3) is 0 Å². The standard InChI is InChI=1S/C12H18N2O2/c1-9-8-11(4-5-12(9)13)16-7-6-14(3)10(2)15/h4-5,8H,6-7,13H2,1-3H3. The molecule has 0 radical (unpaired) electrons. The Balaban J connectivity index is 2.43. The maximum Gasteiger partial charge on any atom is 0.219 e. The number of nitrogens with two attached hydrogens (primary N) is 1. The van der Waals surface area contributed by atoms with Crippen LogP contribution in [0.5, 0.6) is 5.75 Å². The zero-order valence-corrected chi connectivity index (χ0v) is 9.99. The molecule has 2 N–H and O–H groups in total. The van der Waals surface area contributed by atoms with Gasteiger partial charge in [0.1, 0.15) is 12.4 Å². The van der Waals surface area contributed by atoms with Crippen molar-refractivity contribution in [2.75, 3.05) is 25.9 Å². The van der Waals surface area contributed by atoms with Gasteiger partial charge < -0.3 is 15.4 Å². The Morgan fingerprint density at radius 1 is 1.50 bits per heavy atom. The molecule has 16 heavy (non-hydrogen) atoms. The van der Waals surface area contributed by atoms with Gasteiger partial charge in [-0.25, -0.2) is 0 Å². The molecule has 0 heterocycles. The van der Waals surface area contributed by atoms with E-state index in [0.29, 0.717) is 13.2 Å². The highest BCUT2D eigenvalue weighted by Gasteiger charge is 2.02. The average molecular weight is 222 g/mol. The minimum Gasteiger partial charge on any atom is -0.492 e. The fourth-order valence-electron chi connectivity index (χ4n) is 1.20. The van der Waals surface area contributed by atoms with Crippen LogP contribution in [-0.2, 0) is 4.79 Å². The quantitative estimate of drug-likeness (QED) is 0.784. The van der Waals surface area contributed by atoms with Crippen molar-refractivity contribution in [1.29, 1.82) is 0 Å². The van der Waals surface area contributed by atoms with Crippen molar-refractivity contribution in [2.45, 2.75) is 13.8 Å². The summed E-state index contributed by atoms with van der Waals surface area (Å²) < 4.78 is 5.51. The summed E-state index contributed by atoms with van der Waals surface area (Å²) in [6.07, 6.45) is 0. The molecule has 4 heteroatoms. The molecule has 1 aromatic rings. The lowest BCUT2D eigenvalue weighted by Crippen LogP contribution is -2.28. The van der Waals surface area contributed by atoms with E-state index in [9.17, 15) is 4.79 Å². The van der Waals surface area contributed by atoms with E-state index in [0.717, 1.165) is 17.0 Å². The number of ether oxygens (including phenoxy) is 1. The van der Waals surface area contributed by atoms with Gasteiger partial charge in [-0.3, -0.25) is 4.79 Å². The Kier molecular flexibility index (Phi) is 4.17. The van der Waals surface area contributed by atoms with Crippen molar-refractivity contribution in [1.82, 2.24) is 4.90 Å². The Morgan fingerprint density at radius 2 is 2.19 bits per heavy atom. The number of amides is 1. The lowest BCUT2D eigenvalue weighted by atomic mass is 10.2. The summed E-state index contributed by atoms with van der Waals surface area (Å²) in [6, 6.07) is 5.54. The molecule has 0 unspecified atom stereocenters. The number of benzene rings is 1. The lowest BCUT2D eigenvalue weighted by Gasteiger charge is -2.15. The van der Waals surface area contributed by atoms with Gasteiger partial charge >= 0.3 is 0 Å². The van der Waals surface area contributed by atoms with E-state index in [4.69, 9.17) is 10.5 Å².